The van der Waals surface area contributed by atoms with Gasteiger partial charge in [-0.2, -0.15) is 5.26 Å². The Morgan fingerprint density at radius 3 is 2.88 bits per heavy atom. The summed E-state index contributed by atoms with van der Waals surface area (Å²) in [5, 5.41) is 9.74. The van der Waals surface area contributed by atoms with Gasteiger partial charge in [0.25, 0.3) is 5.56 Å². The van der Waals surface area contributed by atoms with Crippen molar-refractivity contribution in [3.8, 4) is 6.07 Å². The first-order chi connectivity index (χ1) is 8.24. The summed E-state index contributed by atoms with van der Waals surface area (Å²) in [5.74, 6) is 0. The summed E-state index contributed by atoms with van der Waals surface area (Å²) in [5.41, 5.74) is 1.89. The van der Waals surface area contributed by atoms with E-state index in [9.17, 15) is 4.79 Å². The highest BCUT2D eigenvalue weighted by molar-refractivity contribution is 5.80. The zero-order chi connectivity index (χ0) is 12.3. The minimum absolute atomic E-state index is 0.171. The molecule has 0 aliphatic rings. The third kappa shape index (κ3) is 2.36. The van der Waals surface area contributed by atoms with Gasteiger partial charge in [0.1, 0.15) is 11.6 Å². The summed E-state index contributed by atoms with van der Waals surface area (Å²) >= 11 is 0. The number of nitriles is 1. The lowest BCUT2D eigenvalue weighted by atomic mass is 10.0. The van der Waals surface area contributed by atoms with Gasteiger partial charge in [0.05, 0.1) is 0 Å². The van der Waals surface area contributed by atoms with Gasteiger partial charge in [-0.3, -0.25) is 4.79 Å². The Hall–Kier alpha value is -2.08. The summed E-state index contributed by atoms with van der Waals surface area (Å²) in [7, 11) is 0. The van der Waals surface area contributed by atoms with Gasteiger partial charge < -0.3 is 4.98 Å². The highest BCUT2D eigenvalue weighted by Gasteiger charge is 2.02. The van der Waals surface area contributed by atoms with Gasteiger partial charge in [-0.15, -0.1) is 0 Å². The monoisotopic (exact) mass is 226 g/mol. The van der Waals surface area contributed by atoms with Crippen LogP contribution >= 0.6 is 0 Å². The SMILES string of the molecule is CCCCc1ccc2[nH]c(=O)c(C#N)cc2c1. The van der Waals surface area contributed by atoms with Gasteiger partial charge >= 0.3 is 0 Å². The Kier molecular flexibility index (Phi) is 3.24. The number of aryl methyl sites for hydroxylation is 1. The maximum Gasteiger partial charge on any atom is 0.266 e. The first-order valence-electron chi connectivity index (χ1n) is 5.80. The van der Waals surface area contributed by atoms with E-state index in [-0.39, 0.29) is 11.1 Å². The van der Waals surface area contributed by atoms with Gasteiger partial charge in [-0.05, 0) is 42.0 Å². The first-order valence-corrected chi connectivity index (χ1v) is 5.80. The fourth-order valence-corrected chi connectivity index (χ4v) is 1.88. The Morgan fingerprint density at radius 2 is 2.18 bits per heavy atom. The molecular weight excluding hydrogens is 212 g/mol. The van der Waals surface area contributed by atoms with Gasteiger partial charge in [0.15, 0.2) is 0 Å². The average molecular weight is 226 g/mol. The van der Waals surface area contributed by atoms with Crippen molar-refractivity contribution in [2.75, 3.05) is 0 Å². The molecule has 0 amide bonds. The van der Waals surface area contributed by atoms with Crippen molar-refractivity contribution in [2.45, 2.75) is 26.2 Å². The normalized spacial score (nSPS) is 10.4. The van der Waals surface area contributed by atoms with Crippen LogP contribution in [0, 0.1) is 11.3 Å². The molecule has 0 atom stereocenters. The van der Waals surface area contributed by atoms with Gasteiger partial charge in [0.2, 0.25) is 0 Å². The number of fused-ring (bicyclic) bond motifs is 1. The largest absolute Gasteiger partial charge is 0.321 e. The number of hydrogen-bond donors (Lipinski definition) is 1. The summed E-state index contributed by atoms with van der Waals surface area (Å²) in [6.45, 7) is 2.16. The molecule has 2 aromatic rings. The number of aromatic nitrogens is 1. The van der Waals surface area contributed by atoms with E-state index in [4.69, 9.17) is 5.26 Å². The molecular formula is C14H14N2O. The number of nitrogens with one attached hydrogen (secondary N) is 1. The fraction of sp³-hybridized carbons (Fsp3) is 0.286. The van der Waals surface area contributed by atoms with E-state index in [1.807, 2.05) is 24.3 Å². The van der Waals surface area contributed by atoms with Crippen molar-refractivity contribution in [3.63, 3.8) is 0 Å². The Morgan fingerprint density at radius 1 is 1.35 bits per heavy atom. The molecule has 0 bridgehead atoms. The van der Waals surface area contributed by atoms with E-state index < -0.39 is 0 Å². The highest BCUT2D eigenvalue weighted by atomic mass is 16.1. The van der Waals surface area contributed by atoms with E-state index in [2.05, 4.69) is 11.9 Å². The van der Waals surface area contributed by atoms with Crippen LogP contribution in [0.5, 0.6) is 0 Å². The van der Waals surface area contributed by atoms with Crippen molar-refractivity contribution < 1.29 is 0 Å². The second kappa shape index (κ2) is 4.84. The van der Waals surface area contributed by atoms with Crippen LogP contribution in [0.3, 0.4) is 0 Å². The fourth-order valence-electron chi connectivity index (χ4n) is 1.88. The Balaban J connectivity index is 2.50. The number of nitrogens with zero attached hydrogens (tertiary/aromatic N) is 1. The second-order valence-electron chi connectivity index (χ2n) is 4.15. The molecule has 3 nitrogen and oxygen atoms in total. The molecule has 0 unspecified atom stereocenters. The molecule has 0 aliphatic carbocycles. The van der Waals surface area contributed by atoms with Crippen LogP contribution in [0.4, 0.5) is 0 Å². The zero-order valence-corrected chi connectivity index (χ0v) is 9.79. The topological polar surface area (TPSA) is 56.6 Å². The quantitative estimate of drug-likeness (QED) is 0.874. The van der Waals surface area contributed by atoms with Gasteiger partial charge in [0, 0.05) is 5.52 Å². The molecule has 1 aromatic heterocycles. The molecule has 17 heavy (non-hydrogen) atoms. The summed E-state index contributed by atoms with van der Waals surface area (Å²) in [4.78, 5) is 14.2. The maximum absolute atomic E-state index is 11.4. The maximum atomic E-state index is 11.4. The lowest BCUT2D eigenvalue weighted by molar-refractivity contribution is 0.796. The standard InChI is InChI=1S/C14H14N2O/c1-2-3-4-10-5-6-13-11(7-10)8-12(9-15)14(17)16-13/h5-8H,2-4H2,1H3,(H,16,17). The summed E-state index contributed by atoms with van der Waals surface area (Å²) in [6.07, 6.45) is 3.35. The van der Waals surface area contributed by atoms with Crippen LogP contribution in [0.15, 0.2) is 29.1 Å². The molecule has 1 heterocycles. The summed E-state index contributed by atoms with van der Waals surface area (Å²) < 4.78 is 0. The number of pyridine rings is 1. The minimum Gasteiger partial charge on any atom is -0.321 e. The molecule has 1 N–H and O–H groups in total. The van der Waals surface area contributed by atoms with E-state index in [1.165, 1.54) is 5.56 Å². The third-order valence-corrected chi connectivity index (χ3v) is 2.85. The van der Waals surface area contributed by atoms with Crippen molar-refractivity contribution in [1.29, 1.82) is 5.26 Å². The lowest BCUT2D eigenvalue weighted by Gasteiger charge is -2.03. The predicted molar refractivity (Wildman–Crippen MR) is 67.9 cm³/mol. The number of rotatable bonds is 3. The highest BCUT2D eigenvalue weighted by Crippen LogP contribution is 2.15. The van der Waals surface area contributed by atoms with Crippen molar-refractivity contribution in [1.82, 2.24) is 4.98 Å². The molecule has 1 aromatic carbocycles. The Bertz CT molecular complexity index is 635. The van der Waals surface area contributed by atoms with Crippen molar-refractivity contribution >= 4 is 10.9 Å². The molecule has 0 saturated heterocycles. The van der Waals surface area contributed by atoms with Crippen molar-refractivity contribution in [3.05, 3.63) is 45.7 Å². The number of unbranched alkanes of at least 4 members (excludes halogenated alkanes) is 1. The number of H-pyrrole nitrogens is 1. The molecule has 0 radical (unpaired) electrons. The van der Waals surface area contributed by atoms with Crippen molar-refractivity contribution in [2.24, 2.45) is 0 Å². The second-order valence-corrected chi connectivity index (χ2v) is 4.15. The third-order valence-electron chi connectivity index (χ3n) is 2.85. The van der Waals surface area contributed by atoms with Gasteiger partial charge in [-0.25, -0.2) is 0 Å². The molecule has 0 saturated carbocycles. The van der Waals surface area contributed by atoms with Crippen LogP contribution in [0.25, 0.3) is 10.9 Å². The first kappa shape index (κ1) is 11.4. The number of hydrogen-bond acceptors (Lipinski definition) is 2. The van der Waals surface area contributed by atoms with E-state index in [0.717, 1.165) is 30.2 Å². The molecule has 0 fully saturated rings. The molecule has 0 aliphatic heterocycles. The van der Waals surface area contributed by atoms with Crippen LogP contribution in [0.1, 0.15) is 30.9 Å². The smallest absolute Gasteiger partial charge is 0.266 e. The van der Waals surface area contributed by atoms with E-state index >= 15 is 0 Å². The predicted octanol–water partition coefficient (Wildman–Crippen LogP) is 2.74. The van der Waals surface area contributed by atoms with E-state index in [0.29, 0.717) is 0 Å². The molecule has 86 valence electrons. The molecule has 2 rings (SSSR count). The minimum atomic E-state index is -0.318. The Labute approximate surface area is 99.7 Å². The zero-order valence-electron chi connectivity index (χ0n) is 9.79. The van der Waals surface area contributed by atoms with Gasteiger partial charge in [-0.1, -0.05) is 19.4 Å². The number of benzene rings is 1. The van der Waals surface area contributed by atoms with Crippen LogP contribution in [-0.4, -0.2) is 4.98 Å². The average Bonchev–Trinajstić information content (AvgIpc) is 2.35. The van der Waals surface area contributed by atoms with Crippen LogP contribution in [-0.2, 0) is 6.42 Å². The van der Waals surface area contributed by atoms with Crippen LogP contribution < -0.4 is 5.56 Å². The van der Waals surface area contributed by atoms with Crippen LogP contribution in [0.2, 0.25) is 0 Å². The van der Waals surface area contributed by atoms with E-state index in [1.54, 1.807) is 6.07 Å². The lowest BCUT2D eigenvalue weighted by Crippen LogP contribution is -2.09. The number of aromatic amines is 1. The molecule has 3 heteroatoms. The molecule has 0 spiro atoms. The summed E-state index contributed by atoms with van der Waals surface area (Å²) in [6, 6.07) is 9.54.